The average Bonchev–Trinajstić information content (AvgIpc) is 2.48. The van der Waals surface area contributed by atoms with Gasteiger partial charge in [0.25, 0.3) is 5.91 Å². The fraction of sp³-hybridized carbons (Fsp3) is 0.133. The number of nitrogens with zero attached hydrogens (tertiary/aromatic N) is 2. The Kier molecular flexibility index (Phi) is 4.90. The van der Waals surface area contributed by atoms with E-state index in [0.717, 1.165) is 4.47 Å². The molecule has 106 valence electrons. The fourth-order valence-corrected chi connectivity index (χ4v) is 1.93. The van der Waals surface area contributed by atoms with E-state index in [-0.39, 0.29) is 5.91 Å². The Bertz CT molecular complexity index is 680. The van der Waals surface area contributed by atoms with Crippen molar-refractivity contribution in [3.05, 3.63) is 52.8 Å². The zero-order chi connectivity index (χ0) is 15.2. The predicted molar refractivity (Wildman–Crippen MR) is 81.8 cm³/mol. The van der Waals surface area contributed by atoms with Crippen LogP contribution >= 0.6 is 15.9 Å². The summed E-state index contributed by atoms with van der Waals surface area (Å²) in [4.78, 5) is 16.0. The molecule has 0 aliphatic heterocycles. The minimum atomic E-state index is -0.670. The number of ether oxygens (including phenoxy) is 1. The van der Waals surface area contributed by atoms with Crippen molar-refractivity contribution in [1.29, 1.82) is 5.26 Å². The molecule has 1 amide bonds. The summed E-state index contributed by atoms with van der Waals surface area (Å²) in [6, 6.07) is 10.4. The molecule has 1 N–H and O–H groups in total. The highest BCUT2D eigenvalue weighted by atomic mass is 79.9. The zero-order valence-electron chi connectivity index (χ0n) is 11.2. The number of anilines is 1. The molecule has 0 bridgehead atoms. The molecular formula is C15H12BrN3O2. The molecule has 6 heteroatoms. The van der Waals surface area contributed by atoms with E-state index < -0.39 is 6.10 Å². The average molecular weight is 346 g/mol. The van der Waals surface area contributed by atoms with Crippen LogP contribution in [0.4, 0.5) is 5.69 Å². The van der Waals surface area contributed by atoms with E-state index in [1.807, 2.05) is 6.07 Å². The molecule has 1 unspecified atom stereocenters. The van der Waals surface area contributed by atoms with Crippen LogP contribution in [0.15, 0.2) is 47.2 Å². The van der Waals surface area contributed by atoms with Crippen molar-refractivity contribution < 1.29 is 9.53 Å². The van der Waals surface area contributed by atoms with Crippen molar-refractivity contribution in [2.75, 3.05) is 5.32 Å². The van der Waals surface area contributed by atoms with Crippen molar-refractivity contribution in [2.45, 2.75) is 13.0 Å². The van der Waals surface area contributed by atoms with Gasteiger partial charge in [0.2, 0.25) is 0 Å². The molecule has 1 aromatic carbocycles. The molecule has 0 aliphatic carbocycles. The van der Waals surface area contributed by atoms with E-state index in [0.29, 0.717) is 17.0 Å². The van der Waals surface area contributed by atoms with Crippen molar-refractivity contribution in [1.82, 2.24) is 4.98 Å². The summed E-state index contributed by atoms with van der Waals surface area (Å²) in [6.07, 6.45) is 2.50. The van der Waals surface area contributed by atoms with E-state index in [4.69, 9.17) is 10.00 Å². The lowest BCUT2D eigenvalue weighted by Gasteiger charge is -2.14. The lowest BCUT2D eigenvalue weighted by Crippen LogP contribution is -2.30. The molecule has 0 saturated carbocycles. The first kappa shape index (κ1) is 15.0. The van der Waals surface area contributed by atoms with Gasteiger partial charge in [-0.1, -0.05) is 0 Å². The van der Waals surface area contributed by atoms with Crippen molar-refractivity contribution >= 4 is 27.5 Å². The van der Waals surface area contributed by atoms with Crippen LogP contribution in [-0.4, -0.2) is 17.0 Å². The summed E-state index contributed by atoms with van der Waals surface area (Å²) < 4.78 is 6.29. The van der Waals surface area contributed by atoms with Gasteiger partial charge in [0, 0.05) is 16.4 Å². The number of halogens is 1. The molecule has 2 rings (SSSR count). The highest BCUT2D eigenvalue weighted by Crippen LogP contribution is 2.17. The van der Waals surface area contributed by atoms with Crippen LogP contribution in [0.2, 0.25) is 0 Å². The number of hydrogen-bond donors (Lipinski definition) is 1. The van der Waals surface area contributed by atoms with Crippen LogP contribution in [0, 0.1) is 11.3 Å². The zero-order valence-corrected chi connectivity index (χ0v) is 12.8. The van der Waals surface area contributed by atoms with Crippen LogP contribution in [0.5, 0.6) is 5.75 Å². The van der Waals surface area contributed by atoms with Gasteiger partial charge in [-0.3, -0.25) is 9.78 Å². The van der Waals surface area contributed by atoms with Gasteiger partial charge in [-0.15, -0.1) is 0 Å². The highest BCUT2D eigenvalue weighted by Gasteiger charge is 2.15. The molecule has 0 radical (unpaired) electrons. The lowest BCUT2D eigenvalue weighted by molar-refractivity contribution is -0.122. The van der Waals surface area contributed by atoms with Crippen LogP contribution in [0.1, 0.15) is 12.5 Å². The third kappa shape index (κ3) is 4.29. The number of pyridine rings is 1. The smallest absolute Gasteiger partial charge is 0.265 e. The second-order valence-corrected chi connectivity index (χ2v) is 5.19. The standard InChI is InChI=1S/C15H12BrN3O2/c1-10(21-14-6-12(16)8-18-9-14)15(20)19-13-4-2-11(7-17)3-5-13/h2-6,8-10H,1H3,(H,19,20). The van der Waals surface area contributed by atoms with E-state index in [1.165, 1.54) is 6.20 Å². The molecule has 0 fully saturated rings. The largest absolute Gasteiger partial charge is 0.479 e. The SMILES string of the molecule is CC(Oc1cncc(Br)c1)C(=O)Nc1ccc(C#N)cc1. The molecule has 21 heavy (non-hydrogen) atoms. The molecule has 0 spiro atoms. The number of benzene rings is 1. The van der Waals surface area contributed by atoms with Crippen LogP contribution in [0.3, 0.4) is 0 Å². The lowest BCUT2D eigenvalue weighted by atomic mass is 10.2. The van der Waals surface area contributed by atoms with Crippen LogP contribution < -0.4 is 10.1 Å². The summed E-state index contributed by atoms with van der Waals surface area (Å²) in [5.74, 6) is 0.228. The van der Waals surface area contributed by atoms with E-state index in [1.54, 1.807) is 43.5 Å². The van der Waals surface area contributed by atoms with Gasteiger partial charge in [0.05, 0.1) is 17.8 Å². The topological polar surface area (TPSA) is 75.0 Å². The number of hydrogen-bond acceptors (Lipinski definition) is 4. The second kappa shape index (κ2) is 6.86. The van der Waals surface area contributed by atoms with Gasteiger partial charge >= 0.3 is 0 Å². The minimum absolute atomic E-state index is 0.278. The maximum atomic E-state index is 12.0. The minimum Gasteiger partial charge on any atom is -0.479 e. The molecule has 5 nitrogen and oxygen atoms in total. The number of nitriles is 1. The van der Waals surface area contributed by atoms with Crippen molar-refractivity contribution in [3.63, 3.8) is 0 Å². The Morgan fingerprint density at radius 3 is 2.71 bits per heavy atom. The molecular weight excluding hydrogens is 334 g/mol. The van der Waals surface area contributed by atoms with Gasteiger partial charge in [0.15, 0.2) is 6.10 Å². The Morgan fingerprint density at radius 2 is 2.10 bits per heavy atom. The Hall–Kier alpha value is -2.39. The Balaban J connectivity index is 1.97. The summed E-state index contributed by atoms with van der Waals surface area (Å²) >= 11 is 3.29. The van der Waals surface area contributed by atoms with Gasteiger partial charge in [-0.05, 0) is 53.2 Å². The highest BCUT2D eigenvalue weighted by molar-refractivity contribution is 9.10. The Labute approximate surface area is 130 Å². The van der Waals surface area contributed by atoms with Gasteiger partial charge < -0.3 is 10.1 Å². The van der Waals surface area contributed by atoms with Crippen LogP contribution in [0.25, 0.3) is 0 Å². The van der Waals surface area contributed by atoms with E-state index >= 15 is 0 Å². The van der Waals surface area contributed by atoms with Gasteiger partial charge in [-0.25, -0.2) is 0 Å². The summed E-state index contributed by atoms with van der Waals surface area (Å²) in [5, 5.41) is 11.4. The van der Waals surface area contributed by atoms with Crippen molar-refractivity contribution in [2.24, 2.45) is 0 Å². The molecule has 0 saturated heterocycles. The first-order valence-electron chi connectivity index (χ1n) is 6.17. The maximum absolute atomic E-state index is 12.0. The maximum Gasteiger partial charge on any atom is 0.265 e. The first-order valence-corrected chi connectivity index (χ1v) is 6.96. The Morgan fingerprint density at radius 1 is 1.38 bits per heavy atom. The normalized spacial score (nSPS) is 11.3. The quantitative estimate of drug-likeness (QED) is 0.923. The van der Waals surface area contributed by atoms with Gasteiger partial charge in [0.1, 0.15) is 5.75 Å². The van der Waals surface area contributed by atoms with E-state index in [2.05, 4.69) is 26.2 Å². The number of nitrogens with one attached hydrogen (secondary N) is 1. The number of amides is 1. The third-order valence-corrected chi connectivity index (χ3v) is 3.08. The summed E-state index contributed by atoms with van der Waals surface area (Å²) in [7, 11) is 0. The summed E-state index contributed by atoms with van der Waals surface area (Å²) in [6.45, 7) is 1.65. The molecule has 2 aromatic rings. The molecule has 1 aromatic heterocycles. The second-order valence-electron chi connectivity index (χ2n) is 4.28. The summed E-state index contributed by atoms with van der Waals surface area (Å²) in [5.41, 5.74) is 1.15. The predicted octanol–water partition coefficient (Wildman–Crippen LogP) is 3.12. The van der Waals surface area contributed by atoms with Gasteiger partial charge in [-0.2, -0.15) is 5.26 Å². The van der Waals surface area contributed by atoms with E-state index in [9.17, 15) is 4.79 Å². The fourth-order valence-electron chi connectivity index (χ4n) is 1.59. The molecule has 0 aliphatic rings. The number of carbonyl (C=O) groups excluding carboxylic acids is 1. The van der Waals surface area contributed by atoms with Crippen molar-refractivity contribution in [3.8, 4) is 11.8 Å². The first-order chi connectivity index (χ1) is 10.1. The molecule has 1 heterocycles. The van der Waals surface area contributed by atoms with Crippen LogP contribution in [-0.2, 0) is 4.79 Å². The third-order valence-electron chi connectivity index (χ3n) is 2.64. The molecule has 1 atom stereocenters. The number of carbonyl (C=O) groups is 1. The number of rotatable bonds is 4. The number of aromatic nitrogens is 1. The monoisotopic (exact) mass is 345 g/mol.